The van der Waals surface area contributed by atoms with Gasteiger partial charge in [0.15, 0.2) is 0 Å². The number of hydrogen-bond acceptors (Lipinski definition) is 4. The number of aryl methyl sites for hydroxylation is 1. The summed E-state index contributed by atoms with van der Waals surface area (Å²) in [5.41, 5.74) is 0.831. The lowest BCUT2D eigenvalue weighted by molar-refractivity contribution is -0.126. The molecule has 1 amide bonds. The predicted molar refractivity (Wildman–Crippen MR) is 109 cm³/mol. The Bertz CT molecular complexity index is 898. The van der Waals surface area contributed by atoms with Crippen molar-refractivity contribution in [2.45, 2.75) is 31.1 Å². The van der Waals surface area contributed by atoms with Crippen LogP contribution < -0.4 is 5.32 Å². The summed E-state index contributed by atoms with van der Waals surface area (Å²) in [6.07, 6.45) is 2.16. The monoisotopic (exact) mass is 426 g/mol. The summed E-state index contributed by atoms with van der Waals surface area (Å²) in [6.45, 7) is 3.03. The molecular formula is C19H23ClN2O3S2. The molecule has 1 aromatic heterocycles. The van der Waals surface area contributed by atoms with Crippen molar-refractivity contribution >= 4 is 38.9 Å². The van der Waals surface area contributed by atoms with Crippen molar-refractivity contribution in [2.24, 2.45) is 5.92 Å². The maximum atomic E-state index is 12.9. The number of carbonyl (C=O) groups is 1. The van der Waals surface area contributed by atoms with E-state index >= 15 is 0 Å². The molecule has 3 rings (SSSR count). The molecule has 1 N–H and O–H groups in total. The molecule has 1 atom stereocenters. The third-order valence-corrected chi connectivity index (χ3v) is 7.99. The summed E-state index contributed by atoms with van der Waals surface area (Å²) in [4.78, 5) is 13.9. The highest BCUT2D eigenvalue weighted by Crippen LogP contribution is 2.26. The Hall–Kier alpha value is -1.41. The average Bonchev–Trinajstić information content (AvgIpc) is 3.17. The molecule has 2 aromatic rings. The Morgan fingerprint density at radius 3 is 2.89 bits per heavy atom. The molecule has 1 aliphatic heterocycles. The first-order chi connectivity index (χ1) is 12.9. The smallest absolute Gasteiger partial charge is 0.243 e. The van der Waals surface area contributed by atoms with Gasteiger partial charge in [-0.05, 0) is 55.3 Å². The maximum Gasteiger partial charge on any atom is 0.243 e. The molecular weight excluding hydrogens is 404 g/mol. The van der Waals surface area contributed by atoms with E-state index in [1.807, 2.05) is 24.4 Å². The van der Waals surface area contributed by atoms with Crippen LogP contribution in [0.2, 0.25) is 5.02 Å². The van der Waals surface area contributed by atoms with E-state index in [1.54, 1.807) is 23.5 Å². The standard InChI is InChI=1S/C19H23ClN2O3S2/c1-14-6-7-17(12-18(14)20)27(24,25)22-10-2-4-15(13-22)19(23)21-9-8-16-5-3-11-26-16/h3,5-7,11-12,15H,2,4,8-10,13H2,1H3,(H,21,23). The van der Waals surface area contributed by atoms with Crippen LogP contribution in [0.1, 0.15) is 23.3 Å². The summed E-state index contributed by atoms with van der Waals surface area (Å²) in [5.74, 6) is -0.397. The van der Waals surface area contributed by atoms with Gasteiger partial charge in [0.2, 0.25) is 15.9 Å². The molecule has 0 bridgehead atoms. The number of carbonyl (C=O) groups excluding carboxylic acids is 1. The highest BCUT2D eigenvalue weighted by atomic mass is 35.5. The Morgan fingerprint density at radius 2 is 2.19 bits per heavy atom. The van der Waals surface area contributed by atoms with Crippen molar-refractivity contribution in [2.75, 3.05) is 19.6 Å². The van der Waals surface area contributed by atoms with E-state index < -0.39 is 10.0 Å². The molecule has 27 heavy (non-hydrogen) atoms. The lowest BCUT2D eigenvalue weighted by Crippen LogP contribution is -2.45. The zero-order valence-corrected chi connectivity index (χ0v) is 17.5. The van der Waals surface area contributed by atoms with Gasteiger partial charge < -0.3 is 5.32 Å². The average molecular weight is 427 g/mol. The second-order valence-corrected chi connectivity index (χ2v) is 10.1. The minimum Gasteiger partial charge on any atom is -0.355 e. The molecule has 0 aliphatic carbocycles. The van der Waals surface area contributed by atoms with Crippen LogP contribution in [0.15, 0.2) is 40.6 Å². The molecule has 1 aromatic carbocycles. The fourth-order valence-electron chi connectivity index (χ4n) is 3.17. The molecule has 8 heteroatoms. The van der Waals surface area contributed by atoms with Gasteiger partial charge in [-0.2, -0.15) is 4.31 Å². The SMILES string of the molecule is Cc1ccc(S(=O)(=O)N2CCCC(C(=O)NCCc3cccs3)C2)cc1Cl. The summed E-state index contributed by atoms with van der Waals surface area (Å²) in [7, 11) is -3.65. The first-order valence-electron chi connectivity index (χ1n) is 8.94. The summed E-state index contributed by atoms with van der Waals surface area (Å²) < 4.78 is 27.3. The first-order valence-corrected chi connectivity index (χ1v) is 11.6. The Kier molecular flexibility index (Phi) is 6.57. The molecule has 146 valence electrons. The summed E-state index contributed by atoms with van der Waals surface area (Å²) in [5, 5.41) is 5.38. The second-order valence-electron chi connectivity index (χ2n) is 6.73. The summed E-state index contributed by atoms with van der Waals surface area (Å²) >= 11 is 7.76. The topological polar surface area (TPSA) is 66.5 Å². The van der Waals surface area contributed by atoms with Crippen LogP contribution in [0.4, 0.5) is 0 Å². The molecule has 0 saturated carbocycles. The van der Waals surface area contributed by atoms with Gasteiger partial charge in [-0.1, -0.05) is 23.7 Å². The highest BCUT2D eigenvalue weighted by molar-refractivity contribution is 7.89. The summed E-state index contributed by atoms with van der Waals surface area (Å²) in [6, 6.07) is 8.79. The number of nitrogens with zero attached hydrogens (tertiary/aromatic N) is 1. The number of amides is 1. The van der Waals surface area contributed by atoms with E-state index in [4.69, 9.17) is 11.6 Å². The third-order valence-electron chi connectivity index (χ3n) is 4.79. The van der Waals surface area contributed by atoms with E-state index in [9.17, 15) is 13.2 Å². The number of benzene rings is 1. The normalized spacial score (nSPS) is 18.4. The number of hydrogen-bond donors (Lipinski definition) is 1. The zero-order valence-electron chi connectivity index (χ0n) is 15.2. The van der Waals surface area contributed by atoms with Crippen molar-refractivity contribution in [3.05, 3.63) is 51.2 Å². The maximum absolute atomic E-state index is 12.9. The number of piperidine rings is 1. The van der Waals surface area contributed by atoms with Crippen molar-refractivity contribution in [3.8, 4) is 0 Å². The van der Waals surface area contributed by atoms with Crippen LogP contribution in [0.25, 0.3) is 0 Å². The first kappa shape index (κ1) is 20.3. The third kappa shape index (κ3) is 4.90. The number of halogens is 1. The Balaban J connectivity index is 1.62. The van der Waals surface area contributed by atoms with E-state index in [2.05, 4.69) is 5.32 Å². The van der Waals surface area contributed by atoms with Crippen molar-refractivity contribution in [3.63, 3.8) is 0 Å². The fourth-order valence-corrected chi connectivity index (χ4v) is 5.67. The number of nitrogens with one attached hydrogen (secondary N) is 1. The van der Waals surface area contributed by atoms with Gasteiger partial charge >= 0.3 is 0 Å². The largest absolute Gasteiger partial charge is 0.355 e. The minimum atomic E-state index is -3.65. The molecule has 1 aliphatic rings. The van der Waals surface area contributed by atoms with Crippen LogP contribution in [-0.2, 0) is 21.2 Å². The number of sulfonamides is 1. The van der Waals surface area contributed by atoms with Crippen molar-refractivity contribution in [1.82, 2.24) is 9.62 Å². The van der Waals surface area contributed by atoms with E-state index in [1.165, 1.54) is 15.2 Å². The van der Waals surface area contributed by atoms with Gasteiger partial charge in [0.1, 0.15) is 0 Å². The van der Waals surface area contributed by atoms with Crippen molar-refractivity contribution in [1.29, 1.82) is 0 Å². The lowest BCUT2D eigenvalue weighted by atomic mass is 9.99. The highest BCUT2D eigenvalue weighted by Gasteiger charge is 2.33. The van der Waals surface area contributed by atoms with Gasteiger partial charge in [-0.25, -0.2) is 8.42 Å². The Labute approximate surface area is 169 Å². The van der Waals surface area contributed by atoms with E-state index in [0.29, 0.717) is 31.0 Å². The van der Waals surface area contributed by atoms with Crippen LogP contribution in [0, 0.1) is 12.8 Å². The van der Waals surface area contributed by atoms with Crippen LogP contribution >= 0.6 is 22.9 Å². The van der Waals surface area contributed by atoms with E-state index in [-0.39, 0.29) is 23.3 Å². The minimum absolute atomic E-state index is 0.0756. The van der Waals surface area contributed by atoms with Crippen molar-refractivity contribution < 1.29 is 13.2 Å². The molecule has 2 heterocycles. The van der Waals surface area contributed by atoms with Crippen LogP contribution in [0.5, 0.6) is 0 Å². The molecule has 0 radical (unpaired) electrons. The van der Waals surface area contributed by atoms with Gasteiger partial charge in [-0.3, -0.25) is 4.79 Å². The molecule has 1 unspecified atom stereocenters. The van der Waals surface area contributed by atoms with Gasteiger partial charge in [0.25, 0.3) is 0 Å². The lowest BCUT2D eigenvalue weighted by Gasteiger charge is -2.31. The van der Waals surface area contributed by atoms with Gasteiger partial charge in [0, 0.05) is 29.5 Å². The molecule has 1 fully saturated rings. The van der Waals surface area contributed by atoms with Gasteiger partial charge in [-0.15, -0.1) is 11.3 Å². The fraction of sp³-hybridized carbons (Fsp3) is 0.421. The van der Waals surface area contributed by atoms with E-state index in [0.717, 1.165) is 12.0 Å². The second kappa shape index (κ2) is 8.73. The number of thiophene rings is 1. The van der Waals surface area contributed by atoms with Gasteiger partial charge in [0.05, 0.1) is 10.8 Å². The van der Waals surface area contributed by atoms with Crippen LogP contribution in [0.3, 0.4) is 0 Å². The van der Waals surface area contributed by atoms with Crippen LogP contribution in [-0.4, -0.2) is 38.3 Å². The number of rotatable bonds is 6. The Morgan fingerprint density at radius 1 is 1.37 bits per heavy atom. The predicted octanol–water partition coefficient (Wildman–Crippen LogP) is 3.47. The quantitative estimate of drug-likeness (QED) is 0.769. The zero-order chi connectivity index (χ0) is 19.4. The molecule has 0 spiro atoms. The molecule has 5 nitrogen and oxygen atoms in total. The molecule has 1 saturated heterocycles.